The predicted molar refractivity (Wildman–Crippen MR) is 87.3 cm³/mol. The summed E-state index contributed by atoms with van der Waals surface area (Å²) in [5, 5.41) is 10.0. The Morgan fingerprint density at radius 1 is 1.30 bits per heavy atom. The van der Waals surface area contributed by atoms with Gasteiger partial charge in [0.1, 0.15) is 0 Å². The molecular formula is C14H22N2O5S2. The van der Waals surface area contributed by atoms with Crippen LogP contribution in [0.3, 0.4) is 0 Å². The fraction of sp³-hybridized carbons (Fsp3) is 0.571. The van der Waals surface area contributed by atoms with Gasteiger partial charge in [-0.25, -0.2) is 16.8 Å². The average Bonchev–Trinajstić information content (AvgIpc) is 2.71. The fourth-order valence-corrected chi connectivity index (χ4v) is 6.66. The van der Waals surface area contributed by atoms with E-state index >= 15 is 0 Å². The summed E-state index contributed by atoms with van der Waals surface area (Å²) in [5.74, 6) is -0.820. The molecule has 2 rings (SSSR count). The van der Waals surface area contributed by atoms with Gasteiger partial charge in [0.2, 0.25) is 10.0 Å². The lowest BCUT2D eigenvalue weighted by Gasteiger charge is -2.29. The molecule has 0 amide bonds. The van der Waals surface area contributed by atoms with Gasteiger partial charge in [-0.05, 0) is 31.0 Å². The molecule has 1 saturated heterocycles. The van der Waals surface area contributed by atoms with Crippen LogP contribution in [0.4, 0.5) is 0 Å². The molecule has 23 heavy (non-hydrogen) atoms. The number of sulfonamides is 1. The van der Waals surface area contributed by atoms with Crippen molar-refractivity contribution >= 4 is 19.9 Å². The van der Waals surface area contributed by atoms with Crippen LogP contribution >= 0.6 is 0 Å². The summed E-state index contributed by atoms with van der Waals surface area (Å²) in [6, 6.07) is 4.04. The largest absolute Gasteiger partial charge is 0.390 e. The first kappa shape index (κ1) is 18.3. The third-order valence-electron chi connectivity index (χ3n) is 3.94. The first-order chi connectivity index (χ1) is 10.6. The third kappa shape index (κ3) is 3.74. The van der Waals surface area contributed by atoms with Gasteiger partial charge in [0.15, 0.2) is 9.84 Å². The summed E-state index contributed by atoms with van der Waals surface area (Å²) < 4.78 is 50.5. The van der Waals surface area contributed by atoms with E-state index in [2.05, 4.69) is 0 Å². The Balaban J connectivity index is 2.50. The van der Waals surface area contributed by atoms with Gasteiger partial charge < -0.3 is 10.8 Å². The zero-order valence-electron chi connectivity index (χ0n) is 13.1. The van der Waals surface area contributed by atoms with Crippen molar-refractivity contribution in [2.24, 2.45) is 5.73 Å². The van der Waals surface area contributed by atoms with Gasteiger partial charge in [-0.3, -0.25) is 0 Å². The van der Waals surface area contributed by atoms with Crippen LogP contribution in [0.5, 0.6) is 0 Å². The topological polar surface area (TPSA) is 118 Å². The minimum absolute atomic E-state index is 0.0351. The lowest BCUT2D eigenvalue weighted by molar-refractivity contribution is 0.129. The number of aliphatic hydroxyl groups excluding tert-OH is 1. The second-order valence-corrected chi connectivity index (χ2v) is 9.90. The molecule has 130 valence electrons. The van der Waals surface area contributed by atoms with Crippen molar-refractivity contribution in [1.29, 1.82) is 0 Å². The average molecular weight is 362 g/mol. The number of nitrogens with two attached hydrogens (primary N) is 1. The number of aliphatic hydroxyl groups is 1. The molecule has 1 aromatic carbocycles. The Kier molecular flexibility index (Phi) is 5.17. The molecular weight excluding hydrogens is 340 g/mol. The lowest BCUT2D eigenvalue weighted by Crippen LogP contribution is -2.48. The van der Waals surface area contributed by atoms with Crippen LogP contribution in [-0.2, 0) is 19.9 Å². The van der Waals surface area contributed by atoms with Crippen molar-refractivity contribution in [1.82, 2.24) is 4.31 Å². The van der Waals surface area contributed by atoms with Crippen LogP contribution in [0.15, 0.2) is 23.1 Å². The third-order valence-corrected chi connectivity index (χ3v) is 7.71. The highest BCUT2D eigenvalue weighted by Gasteiger charge is 2.44. The molecule has 1 heterocycles. The zero-order chi connectivity index (χ0) is 17.4. The van der Waals surface area contributed by atoms with Gasteiger partial charge in [0.25, 0.3) is 0 Å². The van der Waals surface area contributed by atoms with Crippen LogP contribution in [0.1, 0.15) is 11.1 Å². The van der Waals surface area contributed by atoms with E-state index in [4.69, 9.17) is 5.73 Å². The first-order valence-electron chi connectivity index (χ1n) is 7.26. The predicted octanol–water partition coefficient (Wildman–Crippen LogP) is -0.589. The standard InChI is InChI=1S/C14H22N2O5S2/c1-10-3-4-11(2)14(7-10)23(20,21)16(6-5-15)12-8-22(18,19)9-13(12)17/h3-4,7,12-13,17H,5-6,8-9,15H2,1-2H3/t12-,13+/m1/s1. The zero-order valence-corrected chi connectivity index (χ0v) is 14.8. The minimum atomic E-state index is -3.95. The molecule has 2 atom stereocenters. The van der Waals surface area contributed by atoms with Crippen LogP contribution in [0.2, 0.25) is 0 Å². The summed E-state index contributed by atoms with van der Waals surface area (Å²) in [4.78, 5) is 0.113. The van der Waals surface area contributed by atoms with E-state index in [1.165, 1.54) is 0 Å². The number of sulfone groups is 1. The highest BCUT2D eigenvalue weighted by atomic mass is 32.2. The molecule has 0 radical (unpaired) electrons. The Labute approximate surface area is 137 Å². The smallest absolute Gasteiger partial charge is 0.243 e. The second kappa shape index (κ2) is 6.48. The maximum absolute atomic E-state index is 13.0. The van der Waals surface area contributed by atoms with Gasteiger partial charge >= 0.3 is 0 Å². The maximum Gasteiger partial charge on any atom is 0.243 e. The molecule has 1 aliphatic rings. The van der Waals surface area contributed by atoms with Crippen molar-refractivity contribution in [2.75, 3.05) is 24.6 Å². The quantitative estimate of drug-likeness (QED) is 0.723. The van der Waals surface area contributed by atoms with Crippen molar-refractivity contribution < 1.29 is 21.9 Å². The number of rotatable bonds is 5. The van der Waals surface area contributed by atoms with E-state index in [0.717, 1.165) is 9.87 Å². The maximum atomic E-state index is 13.0. The summed E-state index contributed by atoms with van der Waals surface area (Å²) in [6.45, 7) is 3.44. The van der Waals surface area contributed by atoms with E-state index in [0.29, 0.717) is 5.56 Å². The molecule has 0 bridgehead atoms. The summed E-state index contributed by atoms with van der Waals surface area (Å²) >= 11 is 0. The Morgan fingerprint density at radius 3 is 2.48 bits per heavy atom. The van der Waals surface area contributed by atoms with Crippen LogP contribution in [-0.4, -0.2) is 63.0 Å². The Morgan fingerprint density at radius 2 is 1.96 bits per heavy atom. The van der Waals surface area contributed by atoms with Gasteiger partial charge in [-0.1, -0.05) is 12.1 Å². The molecule has 1 aromatic rings. The second-order valence-electron chi connectivity index (χ2n) is 5.88. The molecule has 0 aromatic heterocycles. The van der Waals surface area contributed by atoms with Gasteiger partial charge in [0.05, 0.1) is 28.5 Å². The highest BCUT2D eigenvalue weighted by molar-refractivity contribution is 7.92. The van der Waals surface area contributed by atoms with E-state index in [-0.39, 0.29) is 18.0 Å². The molecule has 1 fully saturated rings. The Bertz CT molecular complexity index is 789. The summed E-state index contributed by atoms with van der Waals surface area (Å²) in [6.07, 6.45) is -1.24. The number of aryl methyl sites for hydroxylation is 2. The number of hydrogen-bond acceptors (Lipinski definition) is 6. The van der Waals surface area contributed by atoms with Crippen LogP contribution in [0, 0.1) is 13.8 Å². The van der Waals surface area contributed by atoms with E-state index in [9.17, 15) is 21.9 Å². The van der Waals surface area contributed by atoms with Crippen LogP contribution < -0.4 is 5.73 Å². The van der Waals surface area contributed by atoms with Gasteiger partial charge in [-0.15, -0.1) is 0 Å². The SMILES string of the molecule is Cc1ccc(C)c(S(=O)(=O)N(CCN)[C@@H]2CS(=O)(=O)C[C@@H]2O)c1. The molecule has 0 saturated carbocycles. The van der Waals surface area contributed by atoms with Crippen molar-refractivity contribution in [2.45, 2.75) is 30.9 Å². The van der Waals surface area contributed by atoms with Crippen LogP contribution in [0.25, 0.3) is 0 Å². The molecule has 3 N–H and O–H groups in total. The van der Waals surface area contributed by atoms with Crippen molar-refractivity contribution in [3.63, 3.8) is 0 Å². The van der Waals surface area contributed by atoms with Gasteiger partial charge in [-0.2, -0.15) is 4.31 Å². The number of hydrogen-bond donors (Lipinski definition) is 2. The molecule has 0 aliphatic carbocycles. The highest BCUT2D eigenvalue weighted by Crippen LogP contribution is 2.27. The lowest BCUT2D eigenvalue weighted by atomic mass is 10.2. The monoisotopic (exact) mass is 362 g/mol. The number of benzene rings is 1. The number of nitrogens with zero attached hydrogens (tertiary/aromatic N) is 1. The Hall–Kier alpha value is -1.00. The molecule has 1 aliphatic heterocycles. The minimum Gasteiger partial charge on any atom is -0.390 e. The first-order valence-corrected chi connectivity index (χ1v) is 10.5. The van der Waals surface area contributed by atoms with Crippen molar-refractivity contribution in [3.05, 3.63) is 29.3 Å². The molecule has 0 unspecified atom stereocenters. The van der Waals surface area contributed by atoms with Gasteiger partial charge in [0, 0.05) is 13.1 Å². The van der Waals surface area contributed by atoms with Crippen molar-refractivity contribution in [3.8, 4) is 0 Å². The summed E-state index contributed by atoms with van der Waals surface area (Å²) in [5.41, 5.74) is 6.86. The summed E-state index contributed by atoms with van der Waals surface area (Å²) in [7, 11) is -7.42. The molecule has 0 spiro atoms. The molecule has 7 nitrogen and oxygen atoms in total. The van der Waals surface area contributed by atoms with E-state index < -0.39 is 43.5 Å². The fourth-order valence-electron chi connectivity index (χ4n) is 2.79. The normalized spacial score (nSPS) is 24.2. The van der Waals surface area contributed by atoms with E-state index in [1.807, 2.05) is 0 Å². The van der Waals surface area contributed by atoms with E-state index in [1.54, 1.807) is 32.0 Å². The molecule has 9 heteroatoms.